The molecule has 26 heavy (non-hydrogen) atoms. The number of hydrogen-bond donors (Lipinski definition) is 1. The number of benzene rings is 1. The summed E-state index contributed by atoms with van der Waals surface area (Å²) >= 11 is 0. The number of amides is 1. The Hall–Kier alpha value is -3.48. The average molecular weight is 344 g/mol. The number of nitrogens with zero attached hydrogens (tertiary/aromatic N) is 5. The minimum Gasteiger partial charge on any atom is -0.305 e. The van der Waals surface area contributed by atoms with E-state index < -0.39 is 0 Å². The summed E-state index contributed by atoms with van der Waals surface area (Å²) in [6.07, 6.45) is 8.08. The Labute approximate surface area is 149 Å². The largest absolute Gasteiger partial charge is 0.305 e. The van der Waals surface area contributed by atoms with Gasteiger partial charge in [0.25, 0.3) is 5.91 Å². The fraction of sp³-hybridized carbons (Fsp3) is 0.158. The first-order chi connectivity index (χ1) is 12.8. The number of aryl methyl sites for hydroxylation is 1. The van der Waals surface area contributed by atoms with Crippen LogP contribution in [0, 0.1) is 0 Å². The Balaban J connectivity index is 1.54. The van der Waals surface area contributed by atoms with Gasteiger partial charge >= 0.3 is 0 Å². The van der Waals surface area contributed by atoms with Crippen LogP contribution in [0.25, 0.3) is 11.5 Å². The quantitative estimate of drug-likeness (QED) is 0.620. The van der Waals surface area contributed by atoms with Crippen LogP contribution in [0.15, 0.2) is 55.0 Å². The Morgan fingerprint density at radius 1 is 1.12 bits per heavy atom. The molecule has 1 aromatic carbocycles. The molecule has 7 nitrogen and oxygen atoms in total. The van der Waals surface area contributed by atoms with Crippen molar-refractivity contribution in [3.05, 3.63) is 71.9 Å². The third kappa shape index (κ3) is 2.36. The lowest BCUT2D eigenvalue weighted by Crippen LogP contribution is -2.16. The maximum atomic E-state index is 12.8. The fourth-order valence-corrected chi connectivity index (χ4v) is 3.39. The number of carbonyl (C=O) groups excluding carboxylic acids is 1. The van der Waals surface area contributed by atoms with Crippen molar-refractivity contribution in [2.24, 2.45) is 0 Å². The number of imidazole rings is 1. The highest BCUT2D eigenvalue weighted by Gasteiger charge is 2.25. The van der Waals surface area contributed by atoms with Crippen molar-refractivity contribution in [1.82, 2.24) is 24.1 Å². The highest BCUT2D eigenvalue weighted by atomic mass is 16.2. The van der Waals surface area contributed by atoms with E-state index in [0.29, 0.717) is 11.5 Å². The first kappa shape index (κ1) is 14.8. The lowest BCUT2D eigenvalue weighted by atomic mass is 10.2. The van der Waals surface area contributed by atoms with E-state index in [1.807, 2.05) is 41.2 Å². The molecule has 0 bridgehead atoms. The molecule has 4 aromatic rings. The molecule has 0 unspecified atom stereocenters. The first-order valence-corrected chi connectivity index (χ1v) is 8.57. The Bertz CT molecular complexity index is 1080. The number of aromatic nitrogens is 5. The van der Waals surface area contributed by atoms with Crippen molar-refractivity contribution in [2.45, 2.75) is 19.3 Å². The van der Waals surface area contributed by atoms with Crippen LogP contribution in [0.5, 0.6) is 0 Å². The third-order valence-corrected chi connectivity index (χ3v) is 4.61. The molecule has 128 valence electrons. The summed E-state index contributed by atoms with van der Waals surface area (Å²) in [5.41, 5.74) is 3.43. The van der Waals surface area contributed by atoms with Crippen molar-refractivity contribution in [1.29, 1.82) is 0 Å². The smallest absolute Gasteiger partial charge is 0.277 e. The molecule has 0 aliphatic heterocycles. The molecule has 0 saturated carbocycles. The van der Waals surface area contributed by atoms with Crippen LogP contribution in [0.2, 0.25) is 0 Å². The van der Waals surface area contributed by atoms with Crippen molar-refractivity contribution >= 4 is 17.5 Å². The molecule has 1 N–H and O–H groups in total. The predicted molar refractivity (Wildman–Crippen MR) is 96.5 cm³/mol. The van der Waals surface area contributed by atoms with Crippen LogP contribution in [0.1, 0.15) is 28.2 Å². The molecule has 3 heterocycles. The summed E-state index contributed by atoms with van der Waals surface area (Å²) in [4.78, 5) is 21.3. The van der Waals surface area contributed by atoms with Gasteiger partial charge in [0, 0.05) is 24.2 Å². The highest BCUT2D eigenvalue weighted by Crippen LogP contribution is 2.31. The molecular weight excluding hydrogens is 328 g/mol. The van der Waals surface area contributed by atoms with Crippen LogP contribution in [0.4, 0.5) is 5.82 Å². The zero-order valence-corrected chi connectivity index (χ0v) is 14.0. The number of nitrogens with one attached hydrogen (secondary N) is 1. The van der Waals surface area contributed by atoms with E-state index in [0.717, 1.165) is 42.0 Å². The Morgan fingerprint density at radius 3 is 2.85 bits per heavy atom. The van der Waals surface area contributed by atoms with Gasteiger partial charge in [0.1, 0.15) is 11.5 Å². The molecule has 7 heteroatoms. The number of carbonyl (C=O) groups is 1. The number of anilines is 1. The van der Waals surface area contributed by atoms with Gasteiger partial charge in [-0.05, 0) is 37.5 Å². The van der Waals surface area contributed by atoms with E-state index in [2.05, 4.69) is 15.3 Å². The second kappa shape index (κ2) is 5.80. The lowest BCUT2D eigenvalue weighted by molar-refractivity contribution is 0.102. The van der Waals surface area contributed by atoms with Crippen LogP contribution in [-0.2, 0) is 12.8 Å². The minimum atomic E-state index is -0.262. The van der Waals surface area contributed by atoms with Crippen molar-refractivity contribution in [3.8, 4) is 5.69 Å². The van der Waals surface area contributed by atoms with E-state index in [9.17, 15) is 4.79 Å². The molecule has 0 radical (unpaired) electrons. The molecule has 1 aliphatic carbocycles. The van der Waals surface area contributed by atoms with Crippen LogP contribution < -0.4 is 5.32 Å². The van der Waals surface area contributed by atoms with Gasteiger partial charge in [-0.3, -0.25) is 9.20 Å². The minimum absolute atomic E-state index is 0.262. The predicted octanol–water partition coefficient (Wildman–Crippen LogP) is 2.66. The van der Waals surface area contributed by atoms with Gasteiger partial charge < -0.3 is 5.32 Å². The maximum absolute atomic E-state index is 12.8. The molecule has 3 aromatic heterocycles. The van der Waals surface area contributed by atoms with E-state index >= 15 is 0 Å². The number of fused-ring (bicyclic) bond motifs is 2. The summed E-state index contributed by atoms with van der Waals surface area (Å²) in [7, 11) is 0. The second-order valence-corrected chi connectivity index (χ2v) is 6.28. The molecule has 0 fully saturated rings. The van der Waals surface area contributed by atoms with Gasteiger partial charge in [-0.1, -0.05) is 18.2 Å². The summed E-state index contributed by atoms with van der Waals surface area (Å²) in [5.74, 6) is 0.973. The zero-order chi connectivity index (χ0) is 17.5. The Morgan fingerprint density at radius 2 is 2.00 bits per heavy atom. The Kier molecular flexibility index (Phi) is 3.31. The molecule has 5 rings (SSSR count). The van der Waals surface area contributed by atoms with E-state index in [1.165, 1.54) is 0 Å². The average Bonchev–Trinajstić information content (AvgIpc) is 3.37. The molecule has 0 spiro atoms. The second-order valence-electron chi connectivity index (χ2n) is 6.28. The number of para-hydroxylation sites is 1. The molecule has 0 saturated heterocycles. The number of hydrogen-bond acceptors (Lipinski definition) is 4. The summed E-state index contributed by atoms with van der Waals surface area (Å²) in [6, 6.07) is 11.6. The van der Waals surface area contributed by atoms with Gasteiger partial charge in [-0.25, -0.2) is 14.6 Å². The topological polar surface area (TPSA) is 77.1 Å². The highest BCUT2D eigenvalue weighted by molar-refractivity contribution is 6.03. The van der Waals surface area contributed by atoms with Gasteiger partial charge in [0.05, 0.1) is 11.4 Å². The third-order valence-electron chi connectivity index (χ3n) is 4.61. The molecular formula is C19H16N6O. The maximum Gasteiger partial charge on any atom is 0.277 e. The van der Waals surface area contributed by atoms with E-state index in [4.69, 9.17) is 5.10 Å². The molecule has 1 amide bonds. The molecule has 1 aliphatic rings. The SMILES string of the molecule is O=C(Nc1c2c(nn1-c1ccccc1)CCC2)c1cn2cccnc2n1. The van der Waals surface area contributed by atoms with Crippen molar-refractivity contribution in [3.63, 3.8) is 0 Å². The van der Waals surface area contributed by atoms with Crippen LogP contribution in [0.3, 0.4) is 0 Å². The normalized spacial score (nSPS) is 13.1. The van der Waals surface area contributed by atoms with E-state index in [-0.39, 0.29) is 5.91 Å². The monoisotopic (exact) mass is 344 g/mol. The number of rotatable bonds is 3. The van der Waals surface area contributed by atoms with E-state index in [1.54, 1.807) is 22.9 Å². The van der Waals surface area contributed by atoms with Gasteiger partial charge in [-0.2, -0.15) is 5.10 Å². The first-order valence-electron chi connectivity index (χ1n) is 8.57. The summed E-state index contributed by atoms with van der Waals surface area (Å²) in [6.45, 7) is 0. The van der Waals surface area contributed by atoms with Crippen LogP contribution >= 0.6 is 0 Å². The van der Waals surface area contributed by atoms with Gasteiger partial charge in [-0.15, -0.1) is 0 Å². The van der Waals surface area contributed by atoms with Crippen LogP contribution in [-0.4, -0.2) is 30.1 Å². The molecule has 0 atom stereocenters. The van der Waals surface area contributed by atoms with Crippen molar-refractivity contribution in [2.75, 3.05) is 5.32 Å². The van der Waals surface area contributed by atoms with Gasteiger partial charge in [0.15, 0.2) is 0 Å². The van der Waals surface area contributed by atoms with Crippen molar-refractivity contribution < 1.29 is 4.79 Å². The summed E-state index contributed by atoms with van der Waals surface area (Å²) < 4.78 is 3.55. The lowest BCUT2D eigenvalue weighted by Gasteiger charge is -2.10. The zero-order valence-electron chi connectivity index (χ0n) is 14.0. The summed E-state index contributed by atoms with van der Waals surface area (Å²) in [5, 5.41) is 7.74. The fourth-order valence-electron chi connectivity index (χ4n) is 3.39. The van der Waals surface area contributed by atoms with Gasteiger partial charge in [0.2, 0.25) is 5.78 Å². The standard InChI is InChI=1S/C19H16N6O/c26-18(16-12-24-11-5-10-20-19(24)21-16)22-17-14-8-4-9-15(14)23-25(17)13-6-2-1-3-7-13/h1-3,5-7,10-12H,4,8-9H2,(H,22,26).